The van der Waals surface area contributed by atoms with Crippen molar-refractivity contribution < 1.29 is 9.90 Å². The smallest absolute Gasteiger partial charge is 0.331 e. The lowest BCUT2D eigenvalue weighted by Gasteiger charge is -2.25. The summed E-state index contributed by atoms with van der Waals surface area (Å²) in [6.45, 7) is 0. The monoisotopic (exact) mass is 169 g/mol. The van der Waals surface area contributed by atoms with Gasteiger partial charge in [-0.25, -0.2) is 4.79 Å². The molecule has 1 atom stereocenters. The Kier molecular flexibility index (Phi) is 2.87. The van der Waals surface area contributed by atoms with Gasteiger partial charge in [-0.05, 0) is 33.4 Å². The van der Waals surface area contributed by atoms with Crippen molar-refractivity contribution >= 4 is 5.97 Å². The second-order valence-electron chi connectivity index (χ2n) is 3.42. The minimum Gasteiger partial charge on any atom is -0.478 e. The fourth-order valence-electron chi connectivity index (χ4n) is 1.49. The van der Waals surface area contributed by atoms with E-state index >= 15 is 0 Å². The van der Waals surface area contributed by atoms with Crippen LogP contribution in [0.15, 0.2) is 11.6 Å². The molecule has 1 aliphatic rings. The lowest BCUT2D eigenvalue weighted by Crippen LogP contribution is -2.29. The Morgan fingerprint density at radius 3 is 2.83 bits per heavy atom. The van der Waals surface area contributed by atoms with E-state index in [4.69, 9.17) is 5.11 Å². The fourth-order valence-corrected chi connectivity index (χ4v) is 1.49. The standard InChI is InChI=1S/C9H15NO2/c1-10(2)8-5-3-4-7(6-8)9(11)12/h6,8H,3-5H2,1-2H3,(H,11,12). The van der Waals surface area contributed by atoms with Gasteiger partial charge < -0.3 is 10.0 Å². The van der Waals surface area contributed by atoms with E-state index in [1.807, 2.05) is 20.2 Å². The van der Waals surface area contributed by atoms with Crippen LogP contribution in [0.3, 0.4) is 0 Å². The van der Waals surface area contributed by atoms with Crippen LogP contribution in [0.25, 0.3) is 0 Å². The summed E-state index contributed by atoms with van der Waals surface area (Å²) >= 11 is 0. The summed E-state index contributed by atoms with van der Waals surface area (Å²) in [4.78, 5) is 12.7. The molecule has 1 N–H and O–H groups in total. The Morgan fingerprint density at radius 1 is 1.67 bits per heavy atom. The molecule has 0 aliphatic heterocycles. The first-order chi connectivity index (χ1) is 5.61. The van der Waals surface area contributed by atoms with Crippen molar-refractivity contribution in [3.8, 4) is 0 Å². The molecule has 1 unspecified atom stereocenters. The Morgan fingerprint density at radius 2 is 2.33 bits per heavy atom. The van der Waals surface area contributed by atoms with Gasteiger partial charge in [0.25, 0.3) is 0 Å². The zero-order valence-corrected chi connectivity index (χ0v) is 7.58. The highest BCUT2D eigenvalue weighted by atomic mass is 16.4. The van der Waals surface area contributed by atoms with Crippen LogP contribution >= 0.6 is 0 Å². The van der Waals surface area contributed by atoms with Crippen LogP contribution in [0, 0.1) is 0 Å². The van der Waals surface area contributed by atoms with E-state index < -0.39 is 5.97 Å². The molecule has 0 aromatic rings. The Bertz CT molecular complexity index is 209. The molecule has 0 saturated carbocycles. The van der Waals surface area contributed by atoms with Crippen molar-refractivity contribution in [2.75, 3.05) is 14.1 Å². The van der Waals surface area contributed by atoms with Crippen molar-refractivity contribution in [3.63, 3.8) is 0 Å². The molecule has 1 aliphatic carbocycles. The first-order valence-corrected chi connectivity index (χ1v) is 4.21. The summed E-state index contributed by atoms with van der Waals surface area (Å²) in [6, 6.07) is 0.310. The molecular weight excluding hydrogens is 154 g/mol. The normalized spacial score (nSPS) is 23.9. The Balaban J connectivity index is 2.70. The van der Waals surface area contributed by atoms with Crippen LogP contribution < -0.4 is 0 Å². The molecule has 0 saturated heterocycles. The summed E-state index contributed by atoms with van der Waals surface area (Å²) in [6.07, 6.45) is 4.65. The third kappa shape index (κ3) is 2.08. The average Bonchev–Trinajstić information content (AvgIpc) is 2.04. The van der Waals surface area contributed by atoms with Gasteiger partial charge in [0, 0.05) is 11.6 Å². The quantitative estimate of drug-likeness (QED) is 0.673. The van der Waals surface area contributed by atoms with Gasteiger partial charge in [-0.2, -0.15) is 0 Å². The second kappa shape index (κ2) is 3.72. The van der Waals surface area contributed by atoms with Crippen molar-refractivity contribution in [1.82, 2.24) is 4.90 Å². The van der Waals surface area contributed by atoms with E-state index in [0.717, 1.165) is 19.3 Å². The molecule has 0 heterocycles. The number of hydrogen-bond acceptors (Lipinski definition) is 2. The summed E-state index contributed by atoms with van der Waals surface area (Å²) in [7, 11) is 3.96. The van der Waals surface area contributed by atoms with Crippen molar-refractivity contribution in [2.24, 2.45) is 0 Å². The first-order valence-electron chi connectivity index (χ1n) is 4.21. The van der Waals surface area contributed by atoms with Crippen LogP contribution in [0.5, 0.6) is 0 Å². The third-order valence-corrected chi connectivity index (χ3v) is 2.28. The molecule has 0 spiro atoms. The van der Waals surface area contributed by atoms with Crippen molar-refractivity contribution in [1.29, 1.82) is 0 Å². The molecule has 12 heavy (non-hydrogen) atoms. The van der Waals surface area contributed by atoms with Crippen LogP contribution in [-0.4, -0.2) is 36.1 Å². The fraction of sp³-hybridized carbons (Fsp3) is 0.667. The van der Waals surface area contributed by atoms with E-state index in [1.165, 1.54) is 0 Å². The van der Waals surface area contributed by atoms with Gasteiger partial charge in [-0.3, -0.25) is 0 Å². The maximum atomic E-state index is 10.6. The molecule has 3 heteroatoms. The predicted molar refractivity (Wildman–Crippen MR) is 47.0 cm³/mol. The maximum Gasteiger partial charge on any atom is 0.331 e. The molecule has 68 valence electrons. The lowest BCUT2D eigenvalue weighted by atomic mass is 9.95. The molecule has 0 radical (unpaired) electrons. The van der Waals surface area contributed by atoms with Crippen LogP contribution in [0.2, 0.25) is 0 Å². The van der Waals surface area contributed by atoms with Gasteiger partial charge in [0.05, 0.1) is 0 Å². The Labute approximate surface area is 72.7 Å². The lowest BCUT2D eigenvalue weighted by molar-refractivity contribution is -0.132. The number of aliphatic carboxylic acids is 1. The number of carboxylic acid groups (broad SMARTS) is 1. The molecule has 0 bridgehead atoms. The highest BCUT2D eigenvalue weighted by Crippen LogP contribution is 2.20. The summed E-state index contributed by atoms with van der Waals surface area (Å²) in [5, 5.41) is 8.75. The summed E-state index contributed by atoms with van der Waals surface area (Å²) < 4.78 is 0. The first kappa shape index (κ1) is 9.26. The van der Waals surface area contributed by atoms with Gasteiger partial charge in [-0.1, -0.05) is 6.08 Å². The van der Waals surface area contributed by atoms with Crippen molar-refractivity contribution in [2.45, 2.75) is 25.3 Å². The Hall–Kier alpha value is -0.830. The van der Waals surface area contributed by atoms with Crippen LogP contribution in [0.1, 0.15) is 19.3 Å². The van der Waals surface area contributed by atoms with E-state index in [-0.39, 0.29) is 0 Å². The molecule has 3 nitrogen and oxygen atoms in total. The minimum absolute atomic E-state index is 0.310. The number of likely N-dealkylation sites (N-methyl/N-ethyl adjacent to an activating group) is 1. The second-order valence-corrected chi connectivity index (χ2v) is 3.42. The van der Waals surface area contributed by atoms with Crippen LogP contribution in [0.4, 0.5) is 0 Å². The molecule has 0 fully saturated rings. The maximum absolute atomic E-state index is 10.6. The number of carboxylic acids is 1. The predicted octanol–water partition coefficient (Wildman–Crippen LogP) is 1.11. The largest absolute Gasteiger partial charge is 0.478 e. The van der Waals surface area contributed by atoms with Gasteiger partial charge in [-0.15, -0.1) is 0 Å². The number of nitrogens with zero attached hydrogens (tertiary/aromatic N) is 1. The third-order valence-electron chi connectivity index (χ3n) is 2.28. The van der Waals surface area contributed by atoms with E-state index in [0.29, 0.717) is 11.6 Å². The number of hydrogen-bond donors (Lipinski definition) is 1. The van der Waals surface area contributed by atoms with Gasteiger partial charge >= 0.3 is 5.97 Å². The average molecular weight is 169 g/mol. The summed E-state index contributed by atoms with van der Waals surface area (Å²) in [5.74, 6) is -0.762. The summed E-state index contributed by atoms with van der Waals surface area (Å²) in [5.41, 5.74) is 0.569. The number of carbonyl (C=O) groups is 1. The zero-order chi connectivity index (χ0) is 9.14. The van der Waals surface area contributed by atoms with Gasteiger partial charge in [0.15, 0.2) is 0 Å². The molecule has 0 aromatic heterocycles. The van der Waals surface area contributed by atoms with E-state index in [2.05, 4.69) is 4.90 Å². The SMILES string of the molecule is CN(C)C1C=C(C(=O)O)CCC1. The topological polar surface area (TPSA) is 40.5 Å². The molecule has 1 rings (SSSR count). The van der Waals surface area contributed by atoms with Crippen LogP contribution in [-0.2, 0) is 4.79 Å². The van der Waals surface area contributed by atoms with Gasteiger partial charge in [0.2, 0.25) is 0 Å². The van der Waals surface area contributed by atoms with Gasteiger partial charge in [0.1, 0.15) is 0 Å². The molecule has 0 aromatic carbocycles. The zero-order valence-electron chi connectivity index (χ0n) is 7.58. The molecule has 0 amide bonds. The minimum atomic E-state index is -0.762. The number of rotatable bonds is 2. The highest BCUT2D eigenvalue weighted by Gasteiger charge is 2.18. The van der Waals surface area contributed by atoms with E-state index in [1.54, 1.807) is 0 Å². The van der Waals surface area contributed by atoms with E-state index in [9.17, 15) is 4.79 Å². The molecular formula is C9H15NO2. The highest BCUT2D eigenvalue weighted by molar-refractivity contribution is 5.86. The van der Waals surface area contributed by atoms with Crippen molar-refractivity contribution in [3.05, 3.63) is 11.6 Å².